The molecule has 1 aromatic carbocycles. The summed E-state index contributed by atoms with van der Waals surface area (Å²) >= 11 is 0. The number of carbonyl (C=O) groups is 1. The van der Waals surface area contributed by atoms with Gasteiger partial charge in [0.25, 0.3) is 0 Å². The first kappa shape index (κ1) is 18.9. The predicted octanol–water partition coefficient (Wildman–Crippen LogP) is 3.92. The fourth-order valence-corrected chi connectivity index (χ4v) is 6.05. The molecule has 3 fully saturated rings. The summed E-state index contributed by atoms with van der Waals surface area (Å²) in [5.74, 6) is 0.860. The summed E-state index contributed by atoms with van der Waals surface area (Å²) in [6.45, 7) is 6.89. The van der Waals surface area contributed by atoms with E-state index in [-0.39, 0.29) is 0 Å². The van der Waals surface area contributed by atoms with Crippen molar-refractivity contribution in [1.29, 1.82) is 0 Å². The minimum absolute atomic E-state index is 0.305. The number of piperidine rings is 3. The van der Waals surface area contributed by atoms with Gasteiger partial charge in [-0.3, -0.25) is 14.6 Å². The van der Waals surface area contributed by atoms with Crippen molar-refractivity contribution >= 4 is 5.97 Å². The number of aryl methyl sites for hydroxylation is 1. The van der Waals surface area contributed by atoms with E-state index in [1.807, 2.05) is 0 Å². The van der Waals surface area contributed by atoms with Gasteiger partial charge in [0.05, 0.1) is 0 Å². The second-order valence-corrected chi connectivity index (χ2v) is 9.00. The Morgan fingerprint density at radius 3 is 2.63 bits per heavy atom. The van der Waals surface area contributed by atoms with Crippen molar-refractivity contribution in [3.8, 4) is 0 Å². The monoisotopic (exact) mass is 370 g/mol. The Morgan fingerprint density at radius 1 is 1.15 bits per heavy atom. The minimum atomic E-state index is -0.656. The smallest absolute Gasteiger partial charge is 0.303 e. The average molecular weight is 371 g/mol. The molecule has 0 aromatic heterocycles. The van der Waals surface area contributed by atoms with Crippen LogP contribution >= 0.6 is 0 Å². The van der Waals surface area contributed by atoms with Gasteiger partial charge in [0.1, 0.15) is 0 Å². The molecule has 3 saturated heterocycles. The van der Waals surface area contributed by atoms with Gasteiger partial charge in [-0.2, -0.15) is 0 Å². The van der Waals surface area contributed by atoms with Crippen LogP contribution in [0.4, 0.5) is 0 Å². The summed E-state index contributed by atoms with van der Waals surface area (Å²) in [6.07, 6.45) is 7.47. The van der Waals surface area contributed by atoms with Gasteiger partial charge in [-0.25, -0.2) is 0 Å². The normalized spacial score (nSPS) is 31.4. The zero-order chi connectivity index (χ0) is 18.8. The van der Waals surface area contributed by atoms with Crippen molar-refractivity contribution in [2.24, 2.45) is 11.8 Å². The number of aliphatic carboxylic acids is 1. The summed E-state index contributed by atoms with van der Waals surface area (Å²) in [5, 5.41) is 9.11. The van der Waals surface area contributed by atoms with Gasteiger partial charge in [-0.15, -0.1) is 0 Å². The lowest BCUT2D eigenvalue weighted by Crippen LogP contribution is -2.64. The molecule has 148 valence electrons. The molecule has 1 aromatic rings. The molecule has 0 saturated carbocycles. The van der Waals surface area contributed by atoms with Crippen LogP contribution in [0.15, 0.2) is 24.3 Å². The molecule has 3 heterocycles. The highest BCUT2D eigenvalue weighted by Crippen LogP contribution is 2.43. The molecule has 3 aliphatic rings. The van der Waals surface area contributed by atoms with E-state index in [0.29, 0.717) is 12.5 Å². The predicted molar refractivity (Wildman–Crippen MR) is 108 cm³/mol. The fraction of sp³-hybridized carbons (Fsp3) is 0.696. The molecular formula is C23H34N2O2. The Labute approximate surface area is 163 Å². The van der Waals surface area contributed by atoms with E-state index >= 15 is 0 Å². The van der Waals surface area contributed by atoms with Crippen LogP contribution in [0.1, 0.15) is 56.1 Å². The first-order valence-corrected chi connectivity index (χ1v) is 10.9. The summed E-state index contributed by atoms with van der Waals surface area (Å²) in [4.78, 5) is 16.6. The van der Waals surface area contributed by atoms with Crippen molar-refractivity contribution in [3.63, 3.8) is 0 Å². The van der Waals surface area contributed by atoms with E-state index < -0.39 is 5.97 Å². The van der Waals surface area contributed by atoms with Gasteiger partial charge in [0.15, 0.2) is 0 Å². The number of rotatable bonds is 6. The van der Waals surface area contributed by atoms with Crippen LogP contribution in [-0.4, -0.2) is 52.6 Å². The topological polar surface area (TPSA) is 43.8 Å². The standard InChI is InChI=1S/C23H34N2O2/c1-17-9-11-18(12-10-17)15-25-16-19-5-3-13-24-14-4-6-20(23(19)24)21(25)7-2-8-22(26)27/h9-12,19-21,23H,2-8,13-16H2,1H3,(H,26,27)/t19-,20+,21-,23-/m0/s1. The molecule has 4 nitrogen and oxygen atoms in total. The largest absolute Gasteiger partial charge is 0.481 e. The molecule has 4 atom stereocenters. The Bertz CT molecular complexity index is 642. The van der Waals surface area contributed by atoms with Gasteiger partial charge >= 0.3 is 5.97 Å². The highest BCUT2D eigenvalue weighted by molar-refractivity contribution is 5.66. The Balaban J connectivity index is 1.54. The first-order chi connectivity index (χ1) is 13.1. The number of carboxylic acids is 1. The van der Waals surface area contributed by atoms with Gasteiger partial charge < -0.3 is 5.11 Å². The highest BCUT2D eigenvalue weighted by Gasteiger charge is 2.48. The third-order valence-corrected chi connectivity index (χ3v) is 7.18. The molecule has 0 bridgehead atoms. The number of nitrogens with zero attached hydrogens (tertiary/aromatic N) is 2. The quantitative estimate of drug-likeness (QED) is 0.824. The summed E-state index contributed by atoms with van der Waals surface area (Å²) in [7, 11) is 0. The second kappa shape index (κ2) is 8.32. The third kappa shape index (κ3) is 4.22. The van der Waals surface area contributed by atoms with E-state index in [1.165, 1.54) is 56.4 Å². The van der Waals surface area contributed by atoms with Crippen LogP contribution in [0.3, 0.4) is 0 Å². The van der Waals surface area contributed by atoms with Crippen LogP contribution in [0.2, 0.25) is 0 Å². The van der Waals surface area contributed by atoms with Crippen LogP contribution in [0, 0.1) is 18.8 Å². The maximum Gasteiger partial charge on any atom is 0.303 e. The van der Waals surface area contributed by atoms with Crippen molar-refractivity contribution < 1.29 is 9.90 Å². The lowest BCUT2D eigenvalue weighted by atomic mass is 9.69. The third-order valence-electron chi connectivity index (χ3n) is 7.18. The van der Waals surface area contributed by atoms with Crippen LogP contribution in [-0.2, 0) is 11.3 Å². The number of benzene rings is 1. The van der Waals surface area contributed by atoms with Crippen molar-refractivity contribution in [2.75, 3.05) is 19.6 Å². The Hall–Kier alpha value is -1.39. The van der Waals surface area contributed by atoms with Crippen LogP contribution in [0.25, 0.3) is 0 Å². The molecule has 3 aliphatic heterocycles. The molecular weight excluding hydrogens is 336 g/mol. The maximum atomic E-state index is 11.1. The van der Waals surface area contributed by atoms with Crippen molar-refractivity contribution in [1.82, 2.24) is 9.80 Å². The summed E-state index contributed by atoms with van der Waals surface area (Å²) in [5.41, 5.74) is 2.71. The average Bonchev–Trinajstić information content (AvgIpc) is 2.66. The molecule has 4 heteroatoms. The highest BCUT2D eigenvalue weighted by atomic mass is 16.4. The minimum Gasteiger partial charge on any atom is -0.481 e. The molecule has 0 spiro atoms. The zero-order valence-corrected chi connectivity index (χ0v) is 16.6. The molecule has 0 aliphatic carbocycles. The van der Waals surface area contributed by atoms with Gasteiger partial charge in [-0.05, 0) is 75.9 Å². The van der Waals surface area contributed by atoms with Gasteiger partial charge in [-0.1, -0.05) is 29.8 Å². The van der Waals surface area contributed by atoms with E-state index in [4.69, 9.17) is 5.11 Å². The van der Waals surface area contributed by atoms with Gasteiger partial charge in [0, 0.05) is 31.6 Å². The second-order valence-electron chi connectivity index (χ2n) is 9.00. The number of carboxylic acid groups (broad SMARTS) is 1. The van der Waals surface area contributed by atoms with E-state index in [0.717, 1.165) is 37.3 Å². The summed E-state index contributed by atoms with van der Waals surface area (Å²) in [6, 6.07) is 10.2. The Morgan fingerprint density at radius 2 is 1.89 bits per heavy atom. The van der Waals surface area contributed by atoms with Crippen molar-refractivity contribution in [3.05, 3.63) is 35.4 Å². The van der Waals surface area contributed by atoms with E-state index in [9.17, 15) is 4.79 Å². The fourth-order valence-electron chi connectivity index (χ4n) is 6.05. The number of hydrogen-bond donors (Lipinski definition) is 1. The Kier molecular flexibility index (Phi) is 5.84. The molecule has 27 heavy (non-hydrogen) atoms. The molecule has 0 unspecified atom stereocenters. The van der Waals surface area contributed by atoms with E-state index in [2.05, 4.69) is 41.0 Å². The first-order valence-electron chi connectivity index (χ1n) is 10.9. The molecule has 1 N–H and O–H groups in total. The molecule has 4 rings (SSSR count). The van der Waals surface area contributed by atoms with Crippen molar-refractivity contribution in [2.45, 2.75) is 70.5 Å². The maximum absolute atomic E-state index is 11.1. The lowest BCUT2D eigenvalue weighted by Gasteiger charge is -2.57. The number of likely N-dealkylation sites (tertiary alicyclic amines) is 1. The summed E-state index contributed by atoms with van der Waals surface area (Å²) < 4.78 is 0. The van der Waals surface area contributed by atoms with E-state index in [1.54, 1.807) is 0 Å². The molecule has 0 amide bonds. The number of hydrogen-bond acceptors (Lipinski definition) is 3. The zero-order valence-electron chi connectivity index (χ0n) is 16.6. The van der Waals surface area contributed by atoms with Crippen LogP contribution < -0.4 is 0 Å². The van der Waals surface area contributed by atoms with Gasteiger partial charge in [0.2, 0.25) is 0 Å². The SMILES string of the molecule is Cc1ccc(CN2C[C@@H]3CCCN4CCC[C@@H]([C@H]34)[C@@H]2CCCC(=O)O)cc1. The molecule has 0 radical (unpaired) electrons. The lowest BCUT2D eigenvalue weighted by molar-refractivity contribution is -0.137. The van der Waals surface area contributed by atoms with Crippen LogP contribution in [0.5, 0.6) is 0 Å².